The monoisotopic (exact) mass is 240 g/mol. The quantitative estimate of drug-likeness (QED) is 0.771. The number of aryl methyl sites for hydroxylation is 1. The summed E-state index contributed by atoms with van der Waals surface area (Å²) in [7, 11) is 0. The lowest BCUT2D eigenvalue weighted by Gasteiger charge is -2.09. The molecule has 0 N–H and O–H groups in total. The highest BCUT2D eigenvalue weighted by Crippen LogP contribution is 2.31. The fourth-order valence-corrected chi connectivity index (χ4v) is 1.72. The van der Waals surface area contributed by atoms with E-state index >= 15 is 0 Å². The number of hydrogen-bond acceptors (Lipinski definition) is 1. The molecule has 1 nitrogen and oxygen atoms in total. The molecule has 4 heteroatoms. The van der Waals surface area contributed by atoms with E-state index in [2.05, 4.69) is 0 Å². The maximum Gasteiger partial charge on any atom is 0.201 e. The minimum Gasteiger partial charge on any atom is -0.491 e. The number of hydrogen-bond donors (Lipinski definition) is 0. The first-order valence-electron chi connectivity index (χ1n) is 5.25. The predicted octanol–water partition coefficient (Wildman–Crippen LogP) is 3.96. The van der Waals surface area contributed by atoms with Crippen molar-refractivity contribution in [2.45, 2.75) is 13.8 Å². The normalized spacial score (nSPS) is 10.9. The summed E-state index contributed by atoms with van der Waals surface area (Å²) in [5.41, 5.74) is 0.278. The molecular formula is C13H11F3O. The van der Waals surface area contributed by atoms with Crippen molar-refractivity contribution < 1.29 is 17.9 Å². The Labute approximate surface area is 96.8 Å². The molecule has 0 spiro atoms. The second kappa shape index (κ2) is 4.28. The van der Waals surface area contributed by atoms with Gasteiger partial charge in [0, 0.05) is 0 Å². The number of ether oxygens (including phenoxy) is 1. The molecule has 90 valence electrons. The second-order valence-electron chi connectivity index (χ2n) is 3.73. The molecule has 0 saturated carbocycles. The van der Waals surface area contributed by atoms with E-state index in [1.54, 1.807) is 13.0 Å². The standard InChI is InChI=1S/C13H11F3O/c1-3-17-9-6-8-5-4-7(2)11(14)10(8)13(16)12(9)15/h4-6H,3H2,1-2H3. The number of rotatable bonds is 2. The maximum absolute atomic E-state index is 13.7. The zero-order valence-corrected chi connectivity index (χ0v) is 9.48. The van der Waals surface area contributed by atoms with Crippen molar-refractivity contribution in [1.82, 2.24) is 0 Å². The summed E-state index contributed by atoms with van der Waals surface area (Å²) >= 11 is 0. The zero-order chi connectivity index (χ0) is 12.6. The Morgan fingerprint density at radius 3 is 2.41 bits per heavy atom. The van der Waals surface area contributed by atoms with Crippen LogP contribution in [0.25, 0.3) is 10.8 Å². The van der Waals surface area contributed by atoms with Gasteiger partial charge in [0.2, 0.25) is 5.82 Å². The fourth-order valence-electron chi connectivity index (χ4n) is 1.72. The highest BCUT2D eigenvalue weighted by molar-refractivity contribution is 5.86. The van der Waals surface area contributed by atoms with Gasteiger partial charge in [-0.05, 0) is 30.9 Å². The third-order valence-corrected chi connectivity index (χ3v) is 2.58. The fraction of sp³-hybridized carbons (Fsp3) is 0.231. The lowest BCUT2D eigenvalue weighted by molar-refractivity contribution is 0.315. The molecule has 0 aliphatic heterocycles. The van der Waals surface area contributed by atoms with Gasteiger partial charge in [0.1, 0.15) is 5.82 Å². The van der Waals surface area contributed by atoms with Gasteiger partial charge in [0.05, 0.1) is 12.0 Å². The molecule has 0 radical (unpaired) electrons. The van der Waals surface area contributed by atoms with Crippen LogP contribution in [0.15, 0.2) is 18.2 Å². The van der Waals surface area contributed by atoms with Crippen molar-refractivity contribution in [2.24, 2.45) is 0 Å². The lowest BCUT2D eigenvalue weighted by atomic mass is 10.1. The Morgan fingerprint density at radius 1 is 1.06 bits per heavy atom. The van der Waals surface area contributed by atoms with E-state index in [1.165, 1.54) is 19.1 Å². The summed E-state index contributed by atoms with van der Waals surface area (Å²) in [6.07, 6.45) is 0. The molecule has 0 aromatic heterocycles. The lowest BCUT2D eigenvalue weighted by Crippen LogP contribution is -1.99. The highest BCUT2D eigenvalue weighted by Gasteiger charge is 2.18. The molecule has 0 unspecified atom stereocenters. The summed E-state index contributed by atoms with van der Waals surface area (Å²) in [5.74, 6) is -3.28. The van der Waals surface area contributed by atoms with Crippen LogP contribution in [0.3, 0.4) is 0 Å². The summed E-state index contributed by atoms with van der Waals surface area (Å²) in [4.78, 5) is 0. The molecule has 17 heavy (non-hydrogen) atoms. The number of benzene rings is 2. The SMILES string of the molecule is CCOc1cc2ccc(C)c(F)c2c(F)c1F. The van der Waals surface area contributed by atoms with Gasteiger partial charge in [-0.2, -0.15) is 4.39 Å². The van der Waals surface area contributed by atoms with Crippen molar-refractivity contribution in [2.75, 3.05) is 6.61 Å². The molecule has 0 amide bonds. The largest absolute Gasteiger partial charge is 0.491 e. The second-order valence-corrected chi connectivity index (χ2v) is 3.73. The van der Waals surface area contributed by atoms with Gasteiger partial charge in [0.25, 0.3) is 0 Å². The molecule has 2 aromatic carbocycles. The van der Waals surface area contributed by atoms with Crippen LogP contribution in [0.1, 0.15) is 12.5 Å². The van der Waals surface area contributed by atoms with Crippen molar-refractivity contribution in [3.63, 3.8) is 0 Å². The Bertz CT molecular complexity index is 579. The van der Waals surface area contributed by atoms with Gasteiger partial charge < -0.3 is 4.74 Å². The molecule has 0 heterocycles. The van der Waals surface area contributed by atoms with Crippen LogP contribution in [0, 0.1) is 24.4 Å². The van der Waals surface area contributed by atoms with Crippen molar-refractivity contribution in [3.05, 3.63) is 41.2 Å². The Hall–Kier alpha value is -1.71. The first-order chi connectivity index (χ1) is 8.06. The third kappa shape index (κ3) is 1.84. The highest BCUT2D eigenvalue weighted by atomic mass is 19.2. The molecule has 2 rings (SSSR count). The van der Waals surface area contributed by atoms with Gasteiger partial charge in [-0.25, -0.2) is 8.78 Å². The van der Waals surface area contributed by atoms with Crippen LogP contribution in [0.4, 0.5) is 13.2 Å². The van der Waals surface area contributed by atoms with Crippen molar-refractivity contribution in [3.8, 4) is 5.75 Å². The van der Waals surface area contributed by atoms with Crippen molar-refractivity contribution in [1.29, 1.82) is 0 Å². The van der Waals surface area contributed by atoms with E-state index in [0.29, 0.717) is 0 Å². The van der Waals surface area contributed by atoms with Crippen LogP contribution >= 0.6 is 0 Å². The number of fused-ring (bicyclic) bond motifs is 1. The van der Waals surface area contributed by atoms with E-state index in [1.807, 2.05) is 0 Å². The van der Waals surface area contributed by atoms with Crippen LogP contribution in [-0.2, 0) is 0 Å². The van der Waals surface area contributed by atoms with E-state index < -0.39 is 17.5 Å². The molecule has 0 aliphatic carbocycles. The molecule has 0 saturated heterocycles. The molecule has 2 aromatic rings. The van der Waals surface area contributed by atoms with Gasteiger partial charge in [-0.1, -0.05) is 12.1 Å². The van der Waals surface area contributed by atoms with E-state index in [-0.39, 0.29) is 28.7 Å². The maximum atomic E-state index is 13.7. The van der Waals surface area contributed by atoms with Gasteiger partial charge in [-0.15, -0.1) is 0 Å². The summed E-state index contributed by atoms with van der Waals surface area (Å²) in [5, 5.41) is -0.0404. The van der Waals surface area contributed by atoms with Crippen LogP contribution < -0.4 is 4.74 Å². The van der Waals surface area contributed by atoms with E-state index in [0.717, 1.165) is 0 Å². The van der Waals surface area contributed by atoms with Crippen LogP contribution in [0.2, 0.25) is 0 Å². The molecular weight excluding hydrogens is 229 g/mol. The molecule has 0 bridgehead atoms. The summed E-state index contributed by atoms with van der Waals surface area (Å²) in [6.45, 7) is 3.38. The van der Waals surface area contributed by atoms with Crippen molar-refractivity contribution >= 4 is 10.8 Å². The zero-order valence-electron chi connectivity index (χ0n) is 9.48. The first-order valence-corrected chi connectivity index (χ1v) is 5.25. The Kier molecular flexibility index (Phi) is 2.96. The average Bonchev–Trinajstić information content (AvgIpc) is 2.30. The van der Waals surface area contributed by atoms with Gasteiger partial charge in [0.15, 0.2) is 11.6 Å². The molecule has 0 aliphatic rings. The predicted molar refractivity (Wildman–Crippen MR) is 59.7 cm³/mol. The molecule has 0 atom stereocenters. The third-order valence-electron chi connectivity index (χ3n) is 2.58. The summed E-state index contributed by atoms with van der Waals surface area (Å²) in [6, 6.07) is 4.36. The number of halogens is 3. The minimum atomic E-state index is -1.20. The van der Waals surface area contributed by atoms with E-state index in [4.69, 9.17) is 4.74 Å². The van der Waals surface area contributed by atoms with Crippen LogP contribution in [-0.4, -0.2) is 6.61 Å². The first kappa shape index (κ1) is 11.8. The smallest absolute Gasteiger partial charge is 0.201 e. The molecule has 0 fully saturated rings. The topological polar surface area (TPSA) is 9.23 Å². The van der Waals surface area contributed by atoms with Crippen LogP contribution in [0.5, 0.6) is 5.75 Å². The van der Waals surface area contributed by atoms with Gasteiger partial charge >= 0.3 is 0 Å². The van der Waals surface area contributed by atoms with E-state index in [9.17, 15) is 13.2 Å². The Balaban J connectivity index is 2.81. The average molecular weight is 240 g/mol. The van der Waals surface area contributed by atoms with Gasteiger partial charge in [-0.3, -0.25) is 0 Å². The minimum absolute atomic E-state index is 0.194. The Morgan fingerprint density at radius 2 is 1.76 bits per heavy atom. The summed E-state index contributed by atoms with van der Waals surface area (Å²) < 4.78 is 46.0.